The van der Waals surface area contributed by atoms with E-state index in [1.165, 1.54) is 0 Å². The molecule has 126 valence electrons. The van der Waals surface area contributed by atoms with E-state index in [2.05, 4.69) is 29.1 Å². The van der Waals surface area contributed by atoms with E-state index in [9.17, 15) is 13.6 Å². The van der Waals surface area contributed by atoms with Gasteiger partial charge in [0, 0.05) is 11.6 Å². The summed E-state index contributed by atoms with van der Waals surface area (Å²) in [5.41, 5.74) is 1.32. The van der Waals surface area contributed by atoms with Crippen molar-refractivity contribution in [1.29, 1.82) is 0 Å². The number of halogens is 2. The molecule has 0 fully saturated rings. The summed E-state index contributed by atoms with van der Waals surface area (Å²) in [6.07, 6.45) is 0.472. The highest BCUT2D eigenvalue weighted by Gasteiger charge is 2.15. The molecule has 0 bridgehead atoms. The fourth-order valence-electron chi connectivity index (χ4n) is 2.49. The number of fused-ring (bicyclic) bond motifs is 1. The maximum absolute atomic E-state index is 12.6. The first kappa shape index (κ1) is 17.4. The highest BCUT2D eigenvalue weighted by Crippen LogP contribution is 2.20. The molecule has 0 radical (unpaired) electrons. The molecular weight excluding hydrogens is 300 g/mol. The van der Waals surface area contributed by atoms with Gasteiger partial charge >= 0.3 is 0 Å². The van der Waals surface area contributed by atoms with Crippen molar-refractivity contribution < 1.29 is 13.6 Å². The van der Waals surface area contributed by atoms with Gasteiger partial charge in [0.2, 0.25) is 0 Å². The van der Waals surface area contributed by atoms with Crippen LogP contribution in [0.1, 0.15) is 62.6 Å². The van der Waals surface area contributed by atoms with E-state index in [1.54, 1.807) is 18.2 Å². The molecule has 1 aromatic carbocycles. The van der Waals surface area contributed by atoms with Crippen LogP contribution in [0.25, 0.3) is 11.0 Å². The maximum Gasteiger partial charge on any atom is 0.295 e. The molecule has 1 amide bonds. The summed E-state index contributed by atoms with van der Waals surface area (Å²) in [6, 6.07) is 4.82. The molecule has 0 saturated carbocycles. The Kier molecular flexibility index (Phi) is 5.69. The molecule has 1 atom stereocenters. The van der Waals surface area contributed by atoms with E-state index in [-0.39, 0.29) is 17.8 Å². The number of carbonyl (C=O) groups is 1. The highest BCUT2D eigenvalue weighted by molar-refractivity contribution is 5.97. The van der Waals surface area contributed by atoms with Crippen LogP contribution >= 0.6 is 0 Å². The smallest absolute Gasteiger partial charge is 0.295 e. The number of aromatic amines is 1. The lowest BCUT2D eigenvalue weighted by molar-refractivity contribution is 0.0938. The van der Waals surface area contributed by atoms with Crippen molar-refractivity contribution >= 4 is 16.9 Å². The van der Waals surface area contributed by atoms with Crippen LogP contribution in [0.3, 0.4) is 0 Å². The summed E-state index contributed by atoms with van der Waals surface area (Å²) in [5.74, 6) is 0.0847. The second-order valence-electron chi connectivity index (χ2n) is 6.35. The third-order valence-electron chi connectivity index (χ3n) is 3.77. The van der Waals surface area contributed by atoms with E-state index in [1.807, 2.05) is 6.92 Å². The van der Waals surface area contributed by atoms with Gasteiger partial charge in [-0.1, -0.05) is 26.7 Å². The van der Waals surface area contributed by atoms with Gasteiger partial charge in [0.05, 0.1) is 11.0 Å². The van der Waals surface area contributed by atoms with Crippen LogP contribution in [0, 0.1) is 5.92 Å². The van der Waals surface area contributed by atoms with Crippen molar-refractivity contribution in [2.45, 2.75) is 52.5 Å². The molecule has 0 spiro atoms. The Morgan fingerprint density at radius 2 is 2.00 bits per heavy atom. The quantitative estimate of drug-likeness (QED) is 0.791. The molecular formula is C17H23F2N3O. The average molecular weight is 323 g/mol. The molecule has 0 aliphatic heterocycles. The van der Waals surface area contributed by atoms with Crippen molar-refractivity contribution in [2.75, 3.05) is 0 Å². The molecule has 1 unspecified atom stereocenters. The fourth-order valence-corrected chi connectivity index (χ4v) is 2.49. The van der Waals surface area contributed by atoms with Crippen molar-refractivity contribution in [3.8, 4) is 0 Å². The molecule has 1 aromatic heterocycles. The number of H-pyrrole nitrogens is 1. The van der Waals surface area contributed by atoms with Crippen molar-refractivity contribution in [3.05, 3.63) is 29.6 Å². The van der Waals surface area contributed by atoms with E-state index >= 15 is 0 Å². The van der Waals surface area contributed by atoms with Crippen LogP contribution in [0.5, 0.6) is 0 Å². The number of hydrogen-bond donors (Lipinski definition) is 2. The molecule has 4 nitrogen and oxygen atoms in total. The number of rotatable bonds is 7. The Morgan fingerprint density at radius 1 is 1.26 bits per heavy atom. The standard InChI is InChI=1S/C17H23F2N3O/c1-10(2)5-4-6-11(3)20-17(23)12-7-8-13-14(9-12)22-16(21-13)15(18)19/h7-11,15H,4-6H2,1-3H3,(H,20,23)(H,21,22). The number of benzene rings is 1. The Labute approximate surface area is 134 Å². The second-order valence-corrected chi connectivity index (χ2v) is 6.35. The van der Waals surface area contributed by atoms with Gasteiger partial charge in [0.1, 0.15) is 0 Å². The summed E-state index contributed by atoms with van der Waals surface area (Å²) in [6.45, 7) is 6.33. The van der Waals surface area contributed by atoms with Crippen LogP contribution in [-0.4, -0.2) is 21.9 Å². The number of aromatic nitrogens is 2. The van der Waals surface area contributed by atoms with Gasteiger partial charge in [-0.25, -0.2) is 13.8 Å². The summed E-state index contributed by atoms with van der Waals surface area (Å²) in [4.78, 5) is 18.6. The fraction of sp³-hybridized carbons (Fsp3) is 0.529. The van der Waals surface area contributed by atoms with Crippen LogP contribution in [0.15, 0.2) is 18.2 Å². The third kappa shape index (κ3) is 4.74. The Bertz CT molecular complexity index is 667. The number of carbonyl (C=O) groups excluding carboxylic acids is 1. The first-order chi connectivity index (χ1) is 10.9. The van der Waals surface area contributed by atoms with Crippen LogP contribution in [0.4, 0.5) is 8.78 Å². The van der Waals surface area contributed by atoms with Gasteiger partial charge < -0.3 is 10.3 Å². The molecule has 1 heterocycles. The largest absolute Gasteiger partial charge is 0.350 e. The molecule has 2 aromatic rings. The molecule has 6 heteroatoms. The summed E-state index contributed by atoms with van der Waals surface area (Å²) in [7, 11) is 0. The minimum Gasteiger partial charge on any atom is -0.350 e. The molecule has 23 heavy (non-hydrogen) atoms. The second kappa shape index (κ2) is 7.53. The first-order valence-electron chi connectivity index (χ1n) is 7.95. The summed E-state index contributed by atoms with van der Waals surface area (Å²) in [5, 5.41) is 2.94. The zero-order valence-electron chi connectivity index (χ0n) is 13.7. The molecule has 2 rings (SSSR count). The van der Waals surface area contributed by atoms with Gasteiger partial charge in [-0.3, -0.25) is 4.79 Å². The van der Waals surface area contributed by atoms with Gasteiger partial charge in [-0.05, 0) is 37.5 Å². The number of imidazole rings is 1. The average Bonchev–Trinajstić information content (AvgIpc) is 2.89. The highest BCUT2D eigenvalue weighted by atomic mass is 19.3. The lowest BCUT2D eigenvalue weighted by Crippen LogP contribution is -2.32. The number of alkyl halides is 2. The monoisotopic (exact) mass is 323 g/mol. The Morgan fingerprint density at radius 3 is 2.65 bits per heavy atom. The Hall–Kier alpha value is -1.98. The number of hydrogen-bond acceptors (Lipinski definition) is 2. The van der Waals surface area contributed by atoms with Crippen molar-refractivity contribution in [1.82, 2.24) is 15.3 Å². The molecule has 0 aliphatic carbocycles. The van der Waals surface area contributed by atoms with Crippen molar-refractivity contribution in [2.24, 2.45) is 5.92 Å². The van der Waals surface area contributed by atoms with Crippen LogP contribution < -0.4 is 5.32 Å². The SMILES string of the molecule is CC(C)CCCC(C)NC(=O)c1ccc2nc(C(F)F)[nH]c2c1. The zero-order chi connectivity index (χ0) is 17.0. The first-order valence-corrected chi connectivity index (χ1v) is 7.95. The van der Waals surface area contributed by atoms with Crippen LogP contribution in [-0.2, 0) is 0 Å². The lowest BCUT2D eigenvalue weighted by atomic mass is 10.0. The molecule has 0 aliphatic rings. The van der Waals surface area contributed by atoms with E-state index in [0.29, 0.717) is 22.5 Å². The Balaban J connectivity index is 2.00. The topological polar surface area (TPSA) is 57.8 Å². The number of nitrogens with one attached hydrogen (secondary N) is 2. The van der Waals surface area contributed by atoms with Crippen molar-refractivity contribution in [3.63, 3.8) is 0 Å². The number of nitrogens with zero attached hydrogens (tertiary/aromatic N) is 1. The summed E-state index contributed by atoms with van der Waals surface area (Å²) < 4.78 is 25.3. The summed E-state index contributed by atoms with van der Waals surface area (Å²) >= 11 is 0. The van der Waals surface area contributed by atoms with E-state index in [4.69, 9.17) is 0 Å². The van der Waals surface area contributed by atoms with Gasteiger partial charge in [0.15, 0.2) is 5.82 Å². The predicted molar refractivity (Wildman–Crippen MR) is 86.7 cm³/mol. The van der Waals surface area contributed by atoms with Gasteiger partial charge in [-0.2, -0.15) is 0 Å². The number of amides is 1. The third-order valence-corrected chi connectivity index (χ3v) is 3.77. The van der Waals surface area contributed by atoms with Gasteiger partial charge in [-0.15, -0.1) is 0 Å². The molecule has 0 saturated heterocycles. The van der Waals surface area contributed by atoms with Gasteiger partial charge in [0.25, 0.3) is 12.3 Å². The normalized spacial score (nSPS) is 13.0. The molecule has 2 N–H and O–H groups in total. The lowest BCUT2D eigenvalue weighted by Gasteiger charge is -2.14. The zero-order valence-corrected chi connectivity index (χ0v) is 13.7. The minimum atomic E-state index is -2.65. The maximum atomic E-state index is 12.6. The predicted octanol–water partition coefficient (Wildman–Crippen LogP) is 4.45. The van der Waals surface area contributed by atoms with Crippen LogP contribution in [0.2, 0.25) is 0 Å². The minimum absolute atomic E-state index is 0.0790. The van der Waals surface area contributed by atoms with E-state index < -0.39 is 6.43 Å². The van der Waals surface area contributed by atoms with E-state index in [0.717, 1.165) is 19.3 Å².